The molecule has 2 rings (SSSR count). The van der Waals surface area contributed by atoms with Crippen LogP contribution in [0.3, 0.4) is 0 Å². The predicted molar refractivity (Wildman–Crippen MR) is 50.4 cm³/mol. The van der Waals surface area contributed by atoms with Gasteiger partial charge in [0.25, 0.3) is 0 Å². The fraction of sp³-hybridized carbons (Fsp3) is 0.100. The maximum Gasteiger partial charge on any atom is 0.0705 e. The number of para-hydroxylation sites is 1. The molecule has 0 aliphatic heterocycles. The molecule has 0 radical (unpaired) electrons. The molecule has 2 aromatic rings. The average Bonchev–Trinajstić information content (AvgIpc) is 2.18. The standard InChI is InChI=1S/C10H10N2O/c13-11-7-9-6-5-8-3-1-2-4-10(8)12-9/h1-6,11,13H,7H2. The first kappa shape index (κ1) is 8.16. The Hall–Kier alpha value is -1.45. The summed E-state index contributed by atoms with van der Waals surface area (Å²) < 4.78 is 0. The normalized spacial score (nSPS) is 10.5. The summed E-state index contributed by atoms with van der Waals surface area (Å²) in [7, 11) is 0. The van der Waals surface area contributed by atoms with Crippen LogP contribution in [0.15, 0.2) is 36.4 Å². The van der Waals surface area contributed by atoms with Crippen molar-refractivity contribution in [3.8, 4) is 0 Å². The second kappa shape index (κ2) is 3.51. The molecule has 0 atom stereocenters. The summed E-state index contributed by atoms with van der Waals surface area (Å²) in [6.45, 7) is 0.380. The van der Waals surface area contributed by atoms with Gasteiger partial charge in [-0.2, -0.15) is 5.48 Å². The number of nitrogens with zero attached hydrogens (tertiary/aromatic N) is 1. The third-order valence-corrected chi connectivity index (χ3v) is 1.92. The van der Waals surface area contributed by atoms with E-state index in [0.29, 0.717) is 6.54 Å². The zero-order chi connectivity index (χ0) is 9.10. The zero-order valence-corrected chi connectivity index (χ0v) is 7.07. The van der Waals surface area contributed by atoms with E-state index in [1.165, 1.54) is 0 Å². The van der Waals surface area contributed by atoms with Crippen LogP contribution in [0.4, 0.5) is 0 Å². The van der Waals surface area contributed by atoms with Gasteiger partial charge in [0.2, 0.25) is 0 Å². The van der Waals surface area contributed by atoms with E-state index in [1.807, 2.05) is 36.4 Å². The minimum absolute atomic E-state index is 0.380. The molecule has 0 aliphatic carbocycles. The summed E-state index contributed by atoms with van der Waals surface area (Å²) in [5.41, 5.74) is 3.87. The molecule has 1 aromatic heterocycles. The minimum Gasteiger partial charge on any atom is -0.316 e. The molecular formula is C10H10N2O. The van der Waals surface area contributed by atoms with Crippen LogP contribution in [0, 0.1) is 0 Å². The van der Waals surface area contributed by atoms with E-state index in [0.717, 1.165) is 16.6 Å². The number of pyridine rings is 1. The molecule has 0 saturated heterocycles. The van der Waals surface area contributed by atoms with Gasteiger partial charge in [0.1, 0.15) is 0 Å². The van der Waals surface area contributed by atoms with E-state index in [9.17, 15) is 0 Å². The van der Waals surface area contributed by atoms with Crippen molar-refractivity contribution in [2.75, 3.05) is 0 Å². The summed E-state index contributed by atoms with van der Waals surface area (Å²) in [5.74, 6) is 0. The molecular weight excluding hydrogens is 164 g/mol. The fourth-order valence-corrected chi connectivity index (χ4v) is 1.29. The Morgan fingerprint density at radius 1 is 1.15 bits per heavy atom. The van der Waals surface area contributed by atoms with E-state index in [-0.39, 0.29) is 0 Å². The molecule has 0 saturated carbocycles. The number of fused-ring (bicyclic) bond motifs is 1. The Kier molecular flexibility index (Phi) is 2.21. The highest BCUT2D eigenvalue weighted by atomic mass is 16.5. The SMILES string of the molecule is ONCc1ccc2ccccc2n1. The predicted octanol–water partition coefficient (Wildman–Crippen LogP) is 1.71. The van der Waals surface area contributed by atoms with Crippen molar-refractivity contribution in [2.24, 2.45) is 0 Å². The van der Waals surface area contributed by atoms with Gasteiger partial charge in [-0.05, 0) is 12.1 Å². The van der Waals surface area contributed by atoms with Gasteiger partial charge in [-0.1, -0.05) is 24.3 Å². The van der Waals surface area contributed by atoms with Crippen LogP contribution in [-0.2, 0) is 6.54 Å². The maximum absolute atomic E-state index is 8.50. The molecule has 0 spiro atoms. The number of hydrogen-bond acceptors (Lipinski definition) is 3. The van der Waals surface area contributed by atoms with Gasteiger partial charge >= 0.3 is 0 Å². The largest absolute Gasteiger partial charge is 0.316 e. The second-order valence-corrected chi connectivity index (χ2v) is 2.83. The van der Waals surface area contributed by atoms with E-state index >= 15 is 0 Å². The first-order chi connectivity index (χ1) is 6.40. The van der Waals surface area contributed by atoms with Crippen LogP contribution in [0.2, 0.25) is 0 Å². The monoisotopic (exact) mass is 174 g/mol. The van der Waals surface area contributed by atoms with E-state index < -0.39 is 0 Å². The topological polar surface area (TPSA) is 45.1 Å². The van der Waals surface area contributed by atoms with Gasteiger partial charge in [0.05, 0.1) is 17.8 Å². The molecule has 0 amide bonds. The number of hydroxylamine groups is 1. The van der Waals surface area contributed by atoms with Gasteiger partial charge in [-0.25, -0.2) is 0 Å². The summed E-state index contributed by atoms with van der Waals surface area (Å²) in [6, 6.07) is 11.8. The molecule has 3 nitrogen and oxygen atoms in total. The first-order valence-corrected chi connectivity index (χ1v) is 4.12. The molecule has 2 N–H and O–H groups in total. The Bertz CT molecular complexity index is 414. The first-order valence-electron chi connectivity index (χ1n) is 4.12. The van der Waals surface area contributed by atoms with Gasteiger partial charge in [-0.15, -0.1) is 0 Å². The van der Waals surface area contributed by atoms with Gasteiger partial charge in [0.15, 0.2) is 0 Å². The fourth-order valence-electron chi connectivity index (χ4n) is 1.29. The summed E-state index contributed by atoms with van der Waals surface area (Å²) in [6.07, 6.45) is 0. The van der Waals surface area contributed by atoms with Gasteiger partial charge in [0, 0.05) is 5.39 Å². The van der Waals surface area contributed by atoms with E-state index in [4.69, 9.17) is 5.21 Å². The molecule has 3 heteroatoms. The third-order valence-electron chi connectivity index (χ3n) is 1.92. The highest BCUT2D eigenvalue weighted by molar-refractivity contribution is 5.78. The lowest BCUT2D eigenvalue weighted by molar-refractivity contribution is 0.160. The lowest BCUT2D eigenvalue weighted by atomic mass is 10.2. The number of aromatic nitrogens is 1. The number of benzene rings is 1. The molecule has 13 heavy (non-hydrogen) atoms. The summed E-state index contributed by atoms with van der Waals surface area (Å²) >= 11 is 0. The number of rotatable bonds is 2. The zero-order valence-electron chi connectivity index (χ0n) is 7.07. The molecule has 66 valence electrons. The smallest absolute Gasteiger partial charge is 0.0705 e. The summed E-state index contributed by atoms with van der Waals surface area (Å²) in [4.78, 5) is 4.34. The van der Waals surface area contributed by atoms with E-state index in [2.05, 4.69) is 10.5 Å². The third kappa shape index (κ3) is 1.66. The molecule has 0 aliphatic rings. The molecule has 0 bridgehead atoms. The van der Waals surface area contributed by atoms with Crippen LogP contribution in [0.1, 0.15) is 5.69 Å². The Balaban J connectivity index is 2.49. The lowest BCUT2D eigenvalue weighted by Gasteiger charge is -2.00. The number of nitrogens with one attached hydrogen (secondary N) is 1. The van der Waals surface area contributed by atoms with Gasteiger partial charge in [-0.3, -0.25) is 4.98 Å². The molecule has 0 fully saturated rings. The Morgan fingerprint density at radius 3 is 2.85 bits per heavy atom. The molecule has 0 unspecified atom stereocenters. The van der Waals surface area contributed by atoms with E-state index in [1.54, 1.807) is 0 Å². The Morgan fingerprint density at radius 2 is 2.00 bits per heavy atom. The maximum atomic E-state index is 8.50. The van der Waals surface area contributed by atoms with Crippen LogP contribution in [-0.4, -0.2) is 10.2 Å². The molecule has 1 aromatic carbocycles. The van der Waals surface area contributed by atoms with Crippen LogP contribution in [0.25, 0.3) is 10.9 Å². The van der Waals surface area contributed by atoms with Crippen molar-refractivity contribution >= 4 is 10.9 Å². The van der Waals surface area contributed by atoms with Crippen molar-refractivity contribution in [3.63, 3.8) is 0 Å². The van der Waals surface area contributed by atoms with Crippen molar-refractivity contribution < 1.29 is 5.21 Å². The second-order valence-electron chi connectivity index (χ2n) is 2.83. The van der Waals surface area contributed by atoms with Crippen LogP contribution >= 0.6 is 0 Å². The summed E-state index contributed by atoms with van der Waals surface area (Å²) in [5, 5.41) is 9.62. The Labute approximate surface area is 76.0 Å². The molecule has 1 heterocycles. The van der Waals surface area contributed by atoms with Crippen molar-refractivity contribution in [1.82, 2.24) is 10.5 Å². The van der Waals surface area contributed by atoms with Crippen LogP contribution in [0.5, 0.6) is 0 Å². The highest BCUT2D eigenvalue weighted by Gasteiger charge is 1.95. The van der Waals surface area contributed by atoms with Crippen molar-refractivity contribution in [2.45, 2.75) is 6.54 Å². The van der Waals surface area contributed by atoms with Gasteiger partial charge < -0.3 is 5.21 Å². The quantitative estimate of drug-likeness (QED) is 0.681. The number of hydrogen-bond donors (Lipinski definition) is 2. The van der Waals surface area contributed by atoms with Crippen LogP contribution < -0.4 is 5.48 Å². The highest BCUT2D eigenvalue weighted by Crippen LogP contribution is 2.11. The average molecular weight is 174 g/mol. The minimum atomic E-state index is 0.380. The van der Waals surface area contributed by atoms with Crippen molar-refractivity contribution in [1.29, 1.82) is 0 Å². The lowest BCUT2D eigenvalue weighted by Crippen LogP contribution is -2.07. The van der Waals surface area contributed by atoms with Crippen molar-refractivity contribution in [3.05, 3.63) is 42.1 Å².